The Hall–Kier alpha value is -2.64. The summed E-state index contributed by atoms with van der Waals surface area (Å²) >= 11 is 6.24. The number of Topliss-reactive ketones (excluding diaryl/α,β-unsaturated/α-hetero) is 1. The van der Waals surface area contributed by atoms with Gasteiger partial charge >= 0.3 is 11.9 Å². The maximum Gasteiger partial charge on any atom is 0.336 e. The first-order valence-electron chi connectivity index (χ1n) is 10.6. The molecule has 1 aliphatic heterocycles. The van der Waals surface area contributed by atoms with Crippen molar-refractivity contribution < 1.29 is 28.6 Å². The summed E-state index contributed by atoms with van der Waals surface area (Å²) < 4.78 is 15.6. The molecule has 1 N–H and O–H groups in total. The van der Waals surface area contributed by atoms with Crippen molar-refractivity contribution >= 4 is 29.3 Å². The molecule has 8 heteroatoms. The number of carbonyl (C=O) groups is 3. The minimum atomic E-state index is -0.934. The predicted octanol–water partition coefficient (Wildman–Crippen LogP) is 3.53. The van der Waals surface area contributed by atoms with Gasteiger partial charge in [-0.25, -0.2) is 4.79 Å². The first kappa shape index (κ1) is 24.0. The lowest BCUT2D eigenvalue weighted by Gasteiger charge is -2.38. The van der Waals surface area contributed by atoms with Crippen LogP contribution in [0.5, 0.6) is 0 Å². The summed E-state index contributed by atoms with van der Waals surface area (Å²) in [6.07, 6.45) is 0.474. The van der Waals surface area contributed by atoms with E-state index in [2.05, 4.69) is 5.32 Å². The fourth-order valence-electron chi connectivity index (χ4n) is 4.39. The Labute approximate surface area is 192 Å². The number of dihydropyridines is 1. The van der Waals surface area contributed by atoms with E-state index in [9.17, 15) is 14.4 Å². The highest BCUT2D eigenvalue weighted by Gasteiger charge is 2.47. The van der Waals surface area contributed by atoms with Crippen molar-refractivity contribution in [3.63, 3.8) is 0 Å². The van der Waals surface area contributed by atoms with Gasteiger partial charge < -0.3 is 19.5 Å². The highest BCUT2D eigenvalue weighted by Crippen LogP contribution is 2.45. The molecule has 0 saturated carbocycles. The lowest BCUT2D eigenvalue weighted by Crippen LogP contribution is -2.43. The van der Waals surface area contributed by atoms with Crippen molar-refractivity contribution in [2.75, 3.05) is 26.9 Å². The molecule has 0 radical (unpaired) electrons. The molecule has 0 aromatic heterocycles. The molecule has 3 rings (SSSR count). The molecule has 0 saturated heterocycles. The quantitative estimate of drug-likeness (QED) is 0.377. The minimum Gasteiger partial charge on any atom is -0.468 e. The van der Waals surface area contributed by atoms with Gasteiger partial charge in [-0.3, -0.25) is 9.59 Å². The van der Waals surface area contributed by atoms with Crippen LogP contribution in [0.2, 0.25) is 5.02 Å². The highest BCUT2D eigenvalue weighted by molar-refractivity contribution is 6.30. The van der Waals surface area contributed by atoms with Gasteiger partial charge in [0.15, 0.2) is 5.78 Å². The van der Waals surface area contributed by atoms with Crippen LogP contribution in [0.4, 0.5) is 0 Å². The Kier molecular flexibility index (Phi) is 7.74. The van der Waals surface area contributed by atoms with Gasteiger partial charge in [-0.15, -0.1) is 0 Å². The van der Waals surface area contributed by atoms with Gasteiger partial charge in [0.1, 0.15) is 12.5 Å². The molecule has 0 fully saturated rings. The standard InChI is InChI=1S/C24H28ClNO6/c1-5-31-9-10-32-24(29)19-14(3)26-17-11-13(2)18(23(28)30-4)22(27)21(17)20(19)15-7-6-8-16(25)12-15/h6-8,12-13,18,20,26H,5,9-11H2,1-4H3/t13-,18-,20+/m0/s1. The fraction of sp³-hybridized carbons (Fsp3) is 0.458. The largest absolute Gasteiger partial charge is 0.468 e. The van der Waals surface area contributed by atoms with Crippen LogP contribution in [0.3, 0.4) is 0 Å². The van der Waals surface area contributed by atoms with Gasteiger partial charge in [0.2, 0.25) is 0 Å². The number of esters is 2. The molecule has 3 atom stereocenters. The molecule has 0 unspecified atom stereocenters. The smallest absolute Gasteiger partial charge is 0.336 e. The highest BCUT2D eigenvalue weighted by atomic mass is 35.5. The SMILES string of the molecule is CCOCCOC(=O)C1=C(C)NC2=C(C(=O)[C@@H](C(=O)OC)[C@@H](C)C2)[C@@H]1c1cccc(Cl)c1. The number of allylic oxidation sites excluding steroid dienone is 3. The first-order chi connectivity index (χ1) is 15.3. The van der Waals surface area contributed by atoms with Crippen LogP contribution in [-0.4, -0.2) is 44.7 Å². The zero-order chi connectivity index (χ0) is 23.4. The third-order valence-corrected chi connectivity index (χ3v) is 6.05. The second-order valence-electron chi connectivity index (χ2n) is 7.92. The van der Waals surface area contributed by atoms with E-state index >= 15 is 0 Å². The van der Waals surface area contributed by atoms with Crippen LogP contribution in [0.15, 0.2) is 46.8 Å². The summed E-state index contributed by atoms with van der Waals surface area (Å²) in [5, 5.41) is 3.70. The average Bonchev–Trinajstić information content (AvgIpc) is 2.75. The molecule has 7 nitrogen and oxygen atoms in total. The van der Waals surface area contributed by atoms with Crippen molar-refractivity contribution in [1.29, 1.82) is 0 Å². The molecular formula is C24H28ClNO6. The monoisotopic (exact) mass is 461 g/mol. The summed E-state index contributed by atoms with van der Waals surface area (Å²) in [6.45, 7) is 6.36. The number of hydrogen-bond acceptors (Lipinski definition) is 7. The minimum absolute atomic E-state index is 0.0907. The van der Waals surface area contributed by atoms with E-state index < -0.39 is 23.8 Å². The molecular weight excluding hydrogens is 434 g/mol. The second kappa shape index (κ2) is 10.3. The maximum atomic E-state index is 13.6. The zero-order valence-corrected chi connectivity index (χ0v) is 19.5. The Morgan fingerprint density at radius 2 is 2.00 bits per heavy atom. The lowest BCUT2D eigenvalue weighted by atomic mass is 9.69. The summed E-state index contributed by atoms with van der Waals surface area (Å²) in [4.78, 5) is 39.1. The van der Waals surface area contributed by atoms with E-state index in [-0.39, 0.29) is 24.9 Å². The maximum absolute atomic E-state index is 13.6. The number of ketones is 1. The predicted molar refractivity (Wildman–Crippen MR) is 119 cm³/mol. The molecule has 0 bridgehead atoms. The Balaban J connectivity index is 2.07. The number of hydrogen-bond donors (Lipinski definition) is 1. The molecule has 172 valence electrons. The lowest BCUT2D eigenvalue weighted by molar-refractivity contribution is -0.151. The van der Waals surface area contributed by atoms with Crippen molar-refractivity contribution in [3.05, 3.63) is 57.4 Å². The normalized spacial score (nSPS) is 22.9. The second-order valence-corrected chi connectivity index (χ2v) is 8.36. The van der Waals surface area contributed by atoms with E-state index in [1.165, 1.54) is 7.11 Å². The topological polar surface area (TPSA) is 90.9 Å². The van der Waals surface area contributed by atoms with Gasteiger partial charge in [-0.1, -0.05) is 30.7 Å². The van der Waals surface area contributed by atoms with Crippen molar-refractivity contribution in [2.24, 2.45) is 11.8 Å². The van der Waals surface area contributed by atoms with Crippen molar-refractivity contribution in [3.8, 4) is 0 Å². The third kappa shape index (κ3) is 4.74. The Morgan fingerprint density at radius 1 is 1.25 bits per heavy atom. The third-order valence-electron chi connectivity index (χ3n) is 5.81. The fourth-order valence-corrected chi connectivity index (χ4v) is 4.58. The van der Waals surface area contributed by atoms with Gasteiger partial charge in [-0.2, -0.15) is 0 Å². The van der Waals surface area contributed by atoms with Gasteiger partial charge in [0.05, 0.1) is 19.3 Å². The van der Waals surface area contributed by atoms with E-state index in [0.717, 1.165) is 0 Å². The van der Waals surface area contributed by atoms with Crippen LogP contribution in [-0.2, 0) is 28.6 Å². The van der Waals surface area contributed by atoms with Crippen LogP contribution in [0.1, 0.15) is 38.7 Å². The molecule has 0 spiro atoms. The van der Waals surface area contributed by atoms with Crippen LogP contribution >= 0.6 is 11.6 Å². The van der Waals surface area contributed by atoms with Crippen molar-refractivity contribution in [1.82, 2.24) is 5.32 Å². The van der Waals surface area contributed by atoms with Gasteiger partial charge in [0.25, 0.3) is 0 Å². The summed E-state index contributed by atoms with van der Waals surface area (Å²) in [5.41, 5.74) is 2.67. The molecule has 1 aromatic carbocycles. The molecule has 1 aromatic rings. The number of methoxy groups -OCH3 is 1. The average molecular weight is 462 g/mol. The Bertz CT molecular complexity index is 982. The number of carbonyl (C=O) groups excluding carboxylic acids is 3. The van der Waals surface area contributed by atoms with Gasteiger partial charge in [-0.05, 0) is 43.9 Å². The van der Waals surface area contributed by atoms with E-state index in [4.69, 9.17) is 25.8 Å². The van der Waals surface area contributed by atoms with E-state index in [1.54, 1.807) is 25.1 Å². The zero-order valence-electron chi connectivity index (χ0n) is 18.7. The molecule has 0 amide bonds. The first-order valence-corrected chi connectivity index (χ1v) is 11.0. The number of nitrogens with one attached hydrogen (secondary N) is 1. The van der Waals surface area contributed by atoms with Crippen LogP contribution in [0.25, 0.3) is 0 Å². The number of ether oxygens (including phenoxy) is 3. The van der Waals surface area contributed by atoms with E-state index in [1.807, 2.05) is 19.9 Å². The summed E-state index contributed by atoms with van der Waals surface area (Å²) in [6, 6.07) is 7.02. The van der Waals surface area contributed by atoms with Crippen molar-refractivity contribution in [2.45, 2.75) is 33.1 Å². The molecule has 1 aliphatic carbocycles. The van der Waals surface area contributed by atoms with Crippen LogP contribution in [0, 0.1) is 11.8 Å². The van der Waals surface area contributed by atoms with Crippen LogP contribution < -0.4 is 5.32 Å². The van der Waals surface area contributed by atoms with E-state index in [0.29, 0.717) is 46.2 Å². The number of rotatable bonds is 7. The number of benzene rings is 1. The summed E-state index contributed by atoms with van der Waals surface area (Å²) in [5.74, 6) is -3.37. The molecule has 1 heterocycles. The summed E-state index contributed by atoms with van der Waals surface area (Å²) in [7, 11) is 1.27. The van der Waals surface area contributed by atoms with Gasteiger partial charge in [0, 0.05) is 34.5 Å². The molecule has 32 heavy (non-hydrogen) atoms. The Morgan fingerprint density at radius 3 is 2.66 bits per heavy atom. The number of halogens is 1. The molecule has 2 aliphatic rings.